The van der Waals surface area contributed by atoms with Crippen LogP contribution in [0.5, 0.6) is 0 Å². The van der Waals surface area contributed by atoms with Gasteiger partial charge in [0.15, 0.2) is 0 Å². The number of para-hydroxylation sites is 1. The third-order valence-corrected chi connectivity index (χ3v) is 3.12. The van der Waals surface area contributed by atoms with Gasteiger partial charge < -0.3 is 10.8 Å². The smallest absolute Gasteiger partial charge is 0.122 e. The maximum absolute atomic E-state index is 8.96. The van der Waals surface area contributed by atoms with Crippen LogP contribution < -0.4 is 5.73 Å². The predicted molar refractivity (Wildman–Crippen MR) is 73.4 cm³/mol. The monoisotopic (exact) mass is 257 g/mol. The minimum atomic E-state index is 0.00822. The van der Waals surface area contributed by atoms with Gasteiger partial charge in [0.25, 0.3) is 0 Å². The van der Waals surface area contributed by atoms with Crippen molar-refractivity contribution in [2.24, 2.45) is 7.05 Å². The first-order valence-electron chi connectivity index (χ1n) is 6.07. The topological polar surface area (TPSA) is 81.9 Å². The van der Waals surface area contributed by atoms with Crippen molar-refractivity contribution >= 4 is 16.7 Å². The molecule has 0 saturated heterocycles. The SMILES string of the molecule is Cn1nc(-c2cc(N)n(CCO)n2)c2ccccc21. The maximum Gasteiger partial charge on any atom is 0.122 e. The molecule has 2 heterocycles. The van der Waals surface area contributed by atoms with Crippen molar-refractivity contribution in [3.63, 3.8) is 0 Å². The molecule has 0 aliphatic carbocycles. The van der Waals surface area contributed by atoms with E-state index in [4.69, 9.17) is 10.8 Å². The Bertz CT molecular complexity index is 728. The number of benzene rings is 1. The van der Waals surface area contributed by atoms with E-state index in [0.717, 1.165) is 22.3 Å². The van der Waals surface area contributed by atoms with E-state index in [-0.39, 0.29) is 6.61 Å². The van der Waals surface area contributed by atoms with Crippen molar-refractivity contribution in [2.45, 2.75) is 6.54 Å². The summed E-state index contributed by atoms with van der Waals surface area (Å²) in [6.07, 6.45) is 0. The molecule has 0 spiro atoms. The molecule has 1 aromatic carbocycles. The lowest BCUT2D eigenvalue weighted by molar-refractivity contribution is 0.270. The van der Waals surface area contributed by atoms with E-state index in [0.29, 0.717) is 12.4 Å². The summed E-state index contributed by atoms with van der Waals surface area (Å²) in [7, 11) is 1.90. The Morgan fingerprint density at radius 2 is 2.05 bits per heavy atom. The molecule has 0 amide bonds. The summed E-state index contributed by atoms with van der Waals surface area (Å²) in [5.41, 5.74) is 8.45. The molecule has 0 atom stereocenters. The number of aliphatic hydroxyl groups excluding tert-OH is 1. The minimum Gasteiger partial charge on any atom is -0.394 e. The fourth-order valence-corrected chi connectivity index (χ4v) is 2.22. The van der Waals surface area contributed by atoms with Gasteiger partial charge in [-0.2, -0.15) is 10.2 Å². The molecule has 0 unspecified atom stereocenters. The first-order chi connectivity index (χ1) is 9.20. The van der Waals surface area contributed by atoms with Gasteiger partial charge in [0.2, 0.25) is 0 Å². The first-order valence-corrected chi connectivity index (χ1v) is 6.07. The Labute approximate surface area is 110 Å². The molecule has 0 fully saturated rings. The van der Waals surface area contributed by atoms with Gasteiger partial charge in [0, 0.05) is 18.5 Å². The quantitative estimate of drug-likeness (QED) is 0.733. The second kappa shape index (κ2) is 4.40. The highest BCUT2D eigenvalue weighted by Gasteiger charge is 2.14. The van der Waals surface area contributed by atoms with Gasteiger partial charge in [-0.15, -0.1) is 0 Å². The van der Waals surface area contributed by atoms with Crippen LogP contribution >= 0.6 is 0 Å². The van der Waals surface area contributed by atoms with E-state index in [1.165, 1.54) is 0 Å². The Morgan fingerprint density at radius 3 is 2.84 bits per heavy atom. The number of hydrogen-bond acceptors (Lipinski definition) is 4. The largest absolute Gasteiger partial charge is 0.394 e. The predicted octanol–water partition coefficient (Wildman–Crippen LogP) is 1.01. The number of nitrogen functional groups attached to an aromatic ring is 1. The zero-order valence-electron chi connectivity index (χ0n) is 10.6. The minimum absolute atomic E-state index is 0.00822. The van der Waals surface area contributed by atoms with E-state index in [1.807, 2.05) is 36.0 Å². The first kappa shape index (κ1) is 11.7. The third kappa shape index (κ3) is 1.86. The second-order valence-electron chi connectivity index (χ2n) is 4.39. The Morgan fingerprint density at radius 1 is 1.26 bits per heavy atom. The van der Waals surface area contributed by atoms with Gasteiger partial charge in [-0.3, -0.25) is 4.68 Å². The van der Waals surface area contributed by atoms with Crippen LogP contribution in [-0.2, 0) is 13.6 Å². The average molecular weight is 257 g/mol. The number of aryl methyl sites for hydroxylation is 1. The van der Waals surface area contributed by atoms with E-state index in [9.17, 15) is 0 Å². The molecule has 0 radical (unpaired) electrons. The summed E-state index contributed by atoms with van der Waals surface area (Å²) in [5.74, 6) is 0.527. The van der Waals surface area contributed by atoms with Crippen LogP contribution in [0, 0.1) is 0 Å². The van der Waals surface area contributed by atoms with Gasteiger partial charge in [-0.05, 0) is 6.07 Å². The highest BCUT2D eigenvalue weighted by Crippen LogP contribution is 2.27. The van der Waals surface area contributed by atoms with Gasteiger partial charge in [-0.1, -0.05) is 18.2 Å². The Balaban J connectivity index is 2.16. The number of hydrogen-bond donors (Lipinski definition) is 2. The molecular formula is C13H15N5O. The van der Waals surface area contributed by atoms with Gasteiger partial charge in [0.05, 0.1) is 18.7 Å². The molecule has 6 heteroatoms. The van der Waals surface area contributed by atoms with Crippen LogP contribution in [0.25, 0.3) is 22.3 Å². The number of aromatic nitrogens is 4. The summed E-state index contributed by atoms with van der Waals surface area (Å²) in [5, 5.41) is 18.9. The van der Waals surface area contributed by atoms with Gasteiger partial charge in [0.1, 0.15) is 17.2 Å². The number of rotatable bonds is 3. The summed E-state index contributed by atoms with van der Waals surface area (Å²) in [6.45, 7) is 0.394. The lowest BCUT2D eigenvalue weighted by atomic mass is 10.2. The highest BCUT2D eigenvalue weighted by atomic mass is 16.3. The van der Waals surface area contributed by atoms with Crippen LogP contribution in [-0.4, -0.2) is 31.3 Å². The van der Waals surface area contributed by atoms with Crippen molar-refractivity contribution < 1.29 is 5.11 Å². The van der Waals surface area contributed by atoms with E-state index >= 15 is 0 Å². The van der Waals surface area contributed by atoms with Gasteiger partial charge >= 0.3 is 0 Å². The Kier molecular flexibility index (Phi) is 2.72. The molecule has 0 bridgehead atoms. The fraction of sp³-hybridized carbons (Fsp3) is 0.231. The fourth-order valence-electron chi connectivity index (χ4n) is 2.22. The van der Waals surface area contributed by atoms with Crippen molar-refractivity contribution in [2.75, 3.05) is 12.3 Å². The molecular weight excluding hydrogens is 242 g/mol. The number of anilines is 1. The maximum atomic E-state index is 8.96. The van der Waals surface area contributed by atoms with Crippen molar-refractivity contribution in [1.82, 2.24) is 19.6 Å². The Hall–Kier alpha value is -2.34. The average Bonchev–Trinajstić information content (AvgIpc) is 2.93. The van der Waals surface area contributed by atoms with Crippen molar-refractivity contribution in [1.29, 1.82) is 0 Å². The molecule has 6 nitrogen and oxygen atoms in total. The van der Waals surface area contributed by atoms with Crippen molar-refractivity contribution in [3.8, 4) is 11.4 Å². The van der Waals surface area contributed by atoms with E-state index < -0.39 is 0 Å². The molecule has 0 aliphatic heterocycles. The number of fused-ring (bicyclic) bond motifs is 1. The lowest BCUT2D eigenvalue weighted by Gasteiger charge is -1.98. The molecule has 19 heavy (non-hydrogen) atoms. The zero-order valence-corrected chi connectivity index (χ0v) is 10.6. The van der Waals surface area contributed by atoms with Crippen LogP contribution in [0.2, 0.25) is 0 Å². The van der Waals surface area contributed by atoms with Gasteiger partial charge in [-0.25, -0.2) is 4.68 Å². The zero-order chi connectivity index (χ0) is 13.4. The van der Waals surface area contributed by atoms with E-state index in [2.05, 4.69) is 10.2 Å². The third-order valence-electron chi connectivity index (χ3n) is 3.12. The summed E-state index contributed by atoms with van der Waals surface area (Å²) >= 11 is 0. The lowest BCUT2D eigenvalue weighted by Crippen LogP contribution is -2.07. The molecule has 3 rings (SSSR count). The molecule has 0 aliphatic rings. The second-order valence-corrected chi connectivity index (χ2v) is 4.39. The number of aliphatic hydroxyl groups is 1. The van der Waals surface area contributed by atoms with Crippen LogP contribution in [0.1, 0.15) is 0 Å². The summed E-state index contributed by atoms with van der Waals surface area (Å²) in [4.78, 5) is 0. The standard InChI is InChI=1S/C13H15N5O/c1-17-11-5-3-2-4-9(11)13(16-17)10-8-12(14)18(15-10)6-7-19/h2-5,8,19H,6-7,14H2,1H3. The molecule has 3 N–H and O–H groups in total. The number of nitrogens with zero attached hydrogens (tertiary/aromatic N) is 4. The van der Waals surface area contributed by atoms with Crippen LogP contribution in [0.4, 0.5) is 5.82 Å². The van der Waals surface area contributed by atoms with Crippen molar-refractivity contribution in [3.05, 3.63) is 30.3 Å². The summed E-state index contributed by atoms with van der Waals surface area (Å²) < 4.78 is 3.41. The molecule has 2 aromatic heterocycles. The van der Waals surface area contributed by atoms with Crippen LogP contribution in [0.3, 0.4) is 0 Å². The molecule has 98 valence electrons. The van der Waals surface area contributed by atoms with Crippen LogP contribution in [0.15, 0.2) is 30.3 Å². The highest BCUT2D eigenvalue weighted by molar-refractivity contribution is 5.92. The molecule has 0 saturated carbocycles. The summed E-state index contributed by atoms with van der Waals surface area (Å²) in [6, 6.07) is 9.76. The number of nitrogens with two attached hydrogens (primary N) is 1. The molecule has 3 aromatic rings. The van der Waals surface area contributed by atoms with E-state index in [1.54, 1.807) is 10.7 Å². The normalized spacial score (nSPS) is 11.3.